The Labute approximate surface area is 125 Å². The van der Waals surface area contributed by atoms with Crippen LogP contribution in [0.25, 0.3) is 0 Å². The van der Waals surface area contributed by atoms with E-state index in [0.29, 0.717) is 5.56 Å². The molecule has 0 aliphatic heterocycles. The molecule has 1 amide bonds. The number of rotatable bonds is 4. The second kappa shape index (κ2) is 7.98. The molecule has 0 heterocycles. The van der Waals surface area contributed by atoms with E-state index in [-0.39, 0.29) is 18.6 Å². The Kier molecular flexibility index (Phi) is 6.63. The first kappa shape index (κ1) is 16.6. The standard InChI is InChI=1S/C16H21NO2S/c1-12-8-14(6-5-7-18)10-15(9-12)16(19)17(3)13(2)11-20-4/h8-10,13,18H,7,11H2,1-4H3. The normalized spacial score (nSPS) is 11.4. The van der Waals surface area contributed by atoms with Gasteiger partial charge in [0, 0.05) is 30.0 Å². The number of aliphatic hydroxyl groups is 1. The summed E-state index contributed by atoms with van der Waals surface area (Å²) in [6.07, 6.45) is 2.03. The lowest BCUT2D eigenvalue weighted by molar-refractivity contribution is 0.0757. The van der Waals surface area contributed by atoms with Crippen molar-refractivity contribution >= 4 is 17.7 Å². The number of hydrogen-bond acceptors (Lipinski definition) is 3. The summed E-state index contributed by atoms with van der Waals surface area (Å²) in [5, 5.41) is 8.74. The maximum absolute atomic E-state index is 12.5. The van der Waals surface area contributed by atoms with Gasteiger partial charge in [-0.3, -0.25) is 4.79 Å². The maximum atomic E-state index is 12.5. The summed E-state index contributed by atoms with van der Waals surface area (Å²) in [6.45, 7) is 3.80. The highest BCUT2D eigenvalue weighted by atomic mass is 32.2. The predicted molar refractivity (Wildman–Crippen MR) is 85.1 cm³/mol. The van der Waals surface area contributed by atoms with E-state index < -0.39 is 0 Å². The van der Waals surface area contributed by atoms with Gasteiger partial charge in [0.05, 0.1) is 0 Å². The third kappa shape index (κ3) is 4.59. The molecule has 0 bridgehead atoms. The van der Waals surface area contributed by atoms with E-state index in [1.807, 2.05) is 39.3 Å². The molecule has 0 radical (unpaired) electrons. The molecule has 108 valence electrons. The molecular formula is C16H21NO2S. The second-order valence-corrected chi connectivity index (χ2v) is 5.68. The van der Waals surface area contributed by atoms with Crippen molar-refractivity contribution in [2.75, 3.05) is 25.7 Å². The molecule has 0 fully saturated rings. The van der Waals surface area contributed by atoms with Crippen LogP contribution in [0, 0.1) is 18.8 Å². The topological polar surface area (TPSA) is 40.5 Å². The van der Waals surface area contributed by atoms with Crippen molar-refractivity contribution < 1.29 is 9.90 Å². The van der Waals surface area contributed by atoms with Crippen molar-refractivity contribution in [1.29, 1.82) is 0 Å². The molecule has 1 atom stereocenters. The summed E-state index contributed by atoms with van der Waals surface area (Å²) < 4.78 is 0. The highest BCUT2D eigenvalue weighted by Gasteiger charge is 2.17. The summed E-state index contributed by atoms with van der Waals surface area (Å²) in [5.41, 5.74) is 2.39. The third-order valence-electron chi connectivity index (χ3n) is 3.03. The van der Waals surface area contributed by atoms with E-state index in [1.54, 1.807) is 22.7 Å². The Bertz CT molecular complexity index is 531. The fraction of sp³-hybridized carbons (Fsp3) is 0.438. The molecular weight excluding hydrogens is 270 g/mol. The number of aryl methyl sites for hydroxylation is 1. The minimum Gasteiger partial charge on any atom is -0.384 e. The van der Waals surface area contributed by atoms with Crippen molar-refractivity contribution in [3.8, 4) is 11.8 Å². The molecule has 0 saturated carbocycles. The number of hydrogen-bond donors (Lipinski definition) is 1. The Morgan fingerprint density at radius 3 is 2.75 bits per heavy atom. The number of carbonyl (C=O) groups excluding carboxylic acids is 1. The molecule has 1 rings (SSSR count). The van der Waals surface area contributed by atoms with Gasteiger partial charge in [-0.1, -0.05) is 11.8 Å². The van der Waals surface area contributed by atoms with Gasteiger partial charge < -0.3 is 10.0 Å². The number of amides is 1. The molecule has 3 nitrogen and oxygen atoms in total. The summed E-state index contributed by atoms with van der Waals surface area (Å²) >= 11 is 1.72. The Hall–Kier alpha value is -1.44. The van der Waals surface area contributed by atoms with Crippen molar-refractivity contribution in [3.63, 3.8) is 0 Å². The van der Waals surface area contributed by atoms with Crippen LogP contribution in [-0.4, -0.2) is 47.6 Å². The summed E-state index contributed by atoms with van der Waals surface area (Å²) in [6, 6.07) is 5.74. The van der Waals surface area contributed by atoms with E-state index in [4.69, 9.17) is 5.11 Å². The lowest BCUT2D eigenvalue weighted by atomic mass is 10.1. The molecule has 1 N–H and O–H groups in total. The SMILES string of the molecule is CSCC(C)N(C)C(=O)c1cc(C)cc(C#CCO)c1. The number of aliphatic hydroxyl groups excluding tert-OH is 1. The van der Waals surface area contributed by atoms with E-state index in [9.17, 15) is 4.79 Å². The summed E-state index contributed by atoms with van der Waals surface area (Å²) in [7, 11) is 1.82. The van der Waals surface area contributed by atoms with Gasteiger partial charge >= 0.3 is 0 Å². The number of benzene rings is 1. The first-order chi connectivity index (χ1) is 9.49. The van der Waals surface area contributed by atoms with Crippen LogP contribution in [0.15, 0.2) is 18.2 Å². The molecule has 0 aromatic heterocycles. The minimum absolute atomic E-state index is 0.00213. The lowest BCUT2D eigenvalue weighted by Gasteiger charge is -2.24. The fourth-order valence-corrected chi connectivity index (χ4v) is 2.58. The Morgan fingerprint density at radius 2 is 2.15 bits per heavy atom. The van der Waals surface area contributed by atoms with Crippen LogP contribution >= 0.6 is 11.8 Å². The van der Waals surface area contributed by atoms with Crippen LogP contribution in [0.5, 0.6) is 0 Å². The zero-order valence-electron chi connectivity index (χ0n) is 12.4. The molecule has 0 aliphatic rings. The zero-order chi connectivity index (χ0) is 15.1. The first-order valence-corrected chi connectivity index (χ1v) is 7.86. The maximum Gasteiger partial charge on any atom is 0.253 e. The molecule has 4 heteroatoms. The van der Waals surface area contributed by atoms with Crippen molar-refractivity contribution in [2.24, 2.45) is 0 Å². The lowest BCUT2D eigenvalue weighted by Crippen LogP contribution is -2.36. The molecule has 1 aromatic rings. The highest BCUT2D eigenvalue weighted by molar-refractivity contribution is 7.98. The molecule has 0 spiro atoms. The van der Waals surface area contributed by atoms with Crippen molar-refractivity contribution in [1.82, 2.24) is 4.90 Å². The van der Waals surface area contributed by atoms with Gasteiger partial charge in [0.2, 0.25) is 0 Å². The van der Waals surface area contributed by atoms with Gasteiger partial charge in [-0.25, -0.2) is 0 Å². The van der Waals surface area contributed by atoms with Crippen LogP contribution in [-0.2, 0) is 0 Å². The second-order valence-electron chi connectivity index (χ2n) is 4.77. The Balaban J connectivity index is 3.00. The summed E-state index contributed by atoms with van der Waals surface area (Å²) in [5.74, 6) is 6.37. The van der Waals surface area contributed by atoms with E-state index in [1.165, 1.54) is 0 Å². The first-order valence-electron chi connectivity index (χ1n) is 6.47. The quantitative estimate of drug-likeness (QED) is 0.864. The van der Waals surface area contributed by atoms with E-state index in [0.717, 1.165) is 16.9 Å². The van der Waals surface area contributed by atoms with Crippen LogP contribution in [0.1, 0.15) is 28.4 Å². The number of nitrogens with zero attached hydrogens (tertiary/aromatic N) is 1. The van der Waals surface area contributed by atoms with Gasteiger partial charge in [-0.05, 0) is 43.9 Å². The zero-order valence-corrected chi connectivity index (χ0v) is 13.3. The van der Waals surface area contributed by atoms with Gasteiger partial charge in [-0.15, -0.1) is 0 Å². The van der Waals surface area contributed by atoms with Crippen molar-refractivity contribution in [3.05, 3.63) is 34.9 Å². The monoisotopic (exact) mass is 291 g/mol. The largest absolute Gasteiger partial charge is 0.384 e. The average molecular weight is 291 g/mol. The Morgan fingerprint density at radius 1 is 1.45 bits per heavy atom. The number of carbonyl (C=O) groups is 1. The molecule has 1 unspecified atom stereocenters. The predicted octanol–water partition coefficient (Wildman–Crippen LogP) is 2.16. The average Bonchev–Trinajstić information content (AvgIpc) is 2.43. The van der Waals surface area contributed by atoms with Crippen LogP contribution in [0.4, 0.5) is 0 Å². The van der Waals surface area contributed by atoms with E-state index >= 15 is 0 Å². The van der Waals surface area contributed by atoms with Gasteiger partial charge in [0.15, 0.2) is 0 Å². The third-order valence-corrected chi connectivity index (χ3v) is 3.84. The summed E-state index contributed by atoms with van der Waals surface area (Å²) in [4.78, 5) is 14.2. The van der Waals surface area contributed by atoms with Crippen LogP contribution in [0.3, 0.4) is 0 Å². The molecule has 1 aromatic carbocycles. The van der Waals surface area contributed by atoms with Gasteiger partial charge in [0.25, 0.3) is 5.91 Å². The van der Waals surface area contributed by atoms with Crippen LogP contribution < -0.4 is 0 Å². The molecule has 20 heavy (non-hydrogen) atoms. The molecule has 0 aliphatic carbocycles. The molecule has 0 saturated heterocycles. The highest BCUT2D eigenvalue weighted by Crippen LogP contribution is 2.13. The van der Waals surface area contributed by atoms with Gasteiger partial charge in [0.1, 0.15) is 6.61 Å². The van der Waals surface area contributed by atoms with Crippen LogP contribution in [0.2, 0.25) is 0 Å². The fourth-order valence-electron chi connectivity index (χ4n) is 1.88. The smallest absolute Gasteiger partial charge is 0.253 e. The minimum atomic E-state index is -0.179. The van der Waals surface area contributed by atoms with Crippen molar-refractivity contribution in [2.45, 2.75) is 19.9 Å². The van der Waals surface area contributed by atoms with Gasteiger partial charge in [-0.2, -0.15) is 11.8 Å². The van der Waals surface area contributed by atoms with E-state index in [2.05, 4.69) is 11.8 Å². The number of thioether (sulfide) groups is 1.